The molecule has 0 unspecified atom stereocenters. The zero-order valence-electron chi connectivity index (χ0n) is 16.8. The summed E-state index contributed by atoms with van der Waals surface area (Å²) in [6.07, 6.45) is 6.06. The lowest BCUT2D eigenvalue weighted by Crippen LogP contribution is -2.22. The summed E-state index contributed by atoms with van der Waals surface area (Å²) in [7, 11) is 5.08. The Kier molecular flexibility index (Phi) is 6.63. The van der Waals surface area contributed by atoms with E-state index in [1.165, 1.54) is 5.56 Å². The van der Waals surface area contributed by atoms with Crippen molar-refractivity contribution in [3.8, 4) is 11.5 Å². The van der Waals surface area contributed by atoms with E-state index in [1.54, 1.807) is 63.1 Å². The van der Waals surface area contributed by atoms with Crippen molar-refractivity contribution in [2.75, 3.05) is 38.0 Å². The Morgan fingerprint density at radius 1 is 1.03 bits per heavy atom. The molecule has 1 amide bonds. The lowest BCUT2D eigenvalue weighted by Gasteiger charge is -2.19. The number of carbonyl (C=O) groups excluding carboxylic acids is 1. The van der Waals surface area contributed by atoms with Crippen molar-refractivity contribution in [1.82, 2.24) is 9.97 Å². The lowest BCUT2D eigenvalue weighted by atomic mass is 10.2. The third kappa shape index (κ3) is 5.22. The van der Waals surface area contributed by atoms with Crippen LogP contribution in [0.25, 0.3) is 0 Å². The summed E-state index contributed by atoms with van der Waals surface area (Å²) >= 11 is 0. The maximum absolute atomic E-state index is 12.8. The molecule has 3 rings (SSSR count). The number of methoxy groups -OCH3 is 2. The highest BCUT2D eigenvalue weighted by Crippen LogP contribution is 2.29. The van der Waals surface area contributed by atoms with Gasteiger partial charge in [-0.15, -0.1) is 0 Å². The summed E-state index contributed by atoms with van der Waals surface area (Å²) in [5.41, 5.74) is 2.25. The predicted octanol–water partition coefficient (Wildman–Crippen LogP) is 3.43. The molecule has 0 atom stereocenters. The standard InChI is InChI=1S/C22H24N4O3/c1-26(13-9-16-6-10-23-11-7-16)21-14-17(8-12-24-21)22(27)25-19-15-18(28-2)4-5-20(19)29-3/h4-8,10-12,14-15H,9,13H2,1-3H3,(H,25,27). The molecule has 0 fully saturated rings. The van der Waals surface area contributed by atoms with Crippen LogP contribution in [-0.4, -0.2) is 43.7 Å². The number of ether oxygens (including phenoxy) is 2. The molecule has 0 aliphatic carbocycles. The summed E-state index contributed by atoms with van der Waals surface area (Å²) in [6.45, 7) is 0.770. The number of aromatic nitrogens is 2. The van der Waals surface area contributed by atoms with Gasteiger partial charge in [-0.2, -0.15) is 0 Å². The first kappa shape index (κ1) is 20.1. The first-order valence-electron chi connectivity index (χ1n) is 9.20. The molecule has 0 saturated heterocycles. The normalized spacial score (nSPS) is 10.3. The third-order valence-electron chi connectivity index (χ3n) is 4.54. The number of nitrogens with one attached hydrogen (secondary N) is 1. The largest absolute Gasteiger partial charge is 0.497 e. The lowest BCUT2D eigenvalue weighted by molar-refractivity contribution is 0.102. The quantitative estimate of drug-likeness (QED) is 0.633. The van der Waals surface area contributed by atoms with Gasteiger partial charge < -0.3 is 19.7 Å². The second-order valence-corrected chi connectivity index (χ2v) is 6.45. The van der Waals surface area contributed by atoms with Crippen molar-refractivity contribution in [2.45, 2.75) is 6.42 Å². The Balaban J connectivity index is 1.71. The van der Waals surface area contributed by atoms with Crippen LogP contribution < -0.4 is 19.7 Å². The number of likely N-dealkylation sites (N-methyl/N-ethyl adjacent to an activating group) is 1. The van der Waals surface area contributed by atoms with Gasteiger partial charge in [0.15, 0.2) is 0 Å². The fourth-order valence-electron chi connectivity index (χ4n) is 2.84. The number of benzene rings is 1. The van der Waals surface area contributed by atoms with E-state index < -0.39 is 0 Å². The summed E-state index contributed by atoms with van der Waals surface area (Å²) in [5, 5.41) is 2.88. The van der Waals surface area contributed by atoms with Gasteiger partial charge >= 0.3 is 0 Å². The third-order valence-corrected chi connectivity index (χ3v) is 4.54. The Labute approximate surface area is 170 Å². The summed E-state index contributed by atoms with van der Waals surface area (Å²) < 4.78 is 10.6. The van der Waals surface area contributed by atoms with Gasteiger partial charge in [-0.3, -0.25) is 9.78 Å². The number of hydrogen-bond acceptors (Lipinski definition) is 6. The Bertz CT molecular complexity index is 963. The topological polar surface area (TPSA) is 76.6 Å². The van der Waals surface area contributed by atoms with Crippen LogP contribution in [0.2, 0.25) is 0 Å². The molecule has 7 heteroatoms. The molecule has 0 spiro atoms. The zero-order chi connectivity index (χ0) is 20.6. The second kappa shape index (κ2) is 9.54. The van der Waals surface area contributed by atoms with E-state index in [9.17, 15) is 4.79 Å². The average molecular weight is 392 g/mol. The predicted molar refractivity (Wildman–Crippen MR) is 113 cm³/mol. The molecule has 0 radical (unpaired) electrons. The zero-order valence-corrected chi connectivity index (χ0v) is 16.8. The number of rotatable bonds is 8. The van der Waals surface area contributed by atoms with Gasteiger partial charge in [0.05, 0.1) is 19.9 Å². The Hall–Kier alpha value is -3.61. The number of amides is 1. The fourth-order valence-corrected chi connectivity index (χ4v) is 2.84. The minimum Gasteiger partial charge on any atom is -0.497 e. The highest BCUT2D eigenvalue weighted by atomic mass is 16.5. The molecule has 0 aliphatic rings. The van der Waals surface area contributed by atoms with Gasteiger partial charge in [-0.25, -0.2) is 4.98 Å². The highest BCUT2D eigenvalue weighted by Gasteiger charge is 2.13. The van der Waals surface area contributed by atoms with E-state index in [0.29, 0.717) is 22.7 Å². The van der Waals surface area contributed by atoms with Crippen molar-refractivity contribution in [2.24, 2.45) is 0 Å². The monoisotopic (exact) mass is 392 g/mol. The van der Waals surface area contributed by atoms with E-state index >= 15 is 0 Å². The van der Waals surface area contributed by atoms with E-state index in [1.807, 2.05) is 24.1 Å². The van der Waals surface area contributed by atoms with Crippen LogP contribution in [0.5, 0.6) is 11.5 Å². The van der Waals surface area contributed by atoms with Gasteiger partial charge in [0.25, 0.3) is 5.91 Å². The van der Waals surface area contributed by atoms with Crippen LogP contribution >= 0.6 is 0 Å². The average Bonchev–Trinajstić information content (AvgIpc) is 2.78. The molecule has 1 N–H and O–H groups in total. The molecule has 150 valence electrons. The van der Waals surface area contributed by atoms with Crippen molar-refractivity contribution in [1.29, 1.82) is 0 Å². The van der Waals surface area contributed by atoms with Crippen molar-refractivity contribution < 1.29 is 14.3 Å². The van der Waals surface area contributed by atoms with Crippen LogP contribution in [0.3, 0.4) is 0 Å². The second-order valence-electron chi connectivity index (χ2n) is 6.45. The number of carbonyl (C=O) groups is 1. The minimum atomic E-state index is -0.247. The molecule has 0 saturated carbocycles. The molecular weight excluding hydrogens is 368 g/mol. The van der Waals surface area contributed by atoms with Crippen LogP contribution in [0, 0.1) is 0 Å². The summed E-state index contributed by atoms with van der Waals surface area (Å²) in [5.74, 6) is 1.67. The van der Waals surface area contributed by atoms with E-state index in [0.717, 1.165) is 18.8 Å². The summed E-state index contributed by atoms with van der Waals surface area (Å²) in [6, 6.07) is 12.7. The van der Waals surface area contributed by atoms with Crippen LogP contribution in [0.15, 0.2) is 61.1 Å². The van der Waals surface area contributed by atoms with Crippen LogP contribution in [-0.2, 0) is 6.42 Å². The van der Waals surface area contributed by atoms with Gasteiger partial charge in [-0.1, -0.05) is 0 Å². The smallest absolute Gasteiger partial charge is 0.255 e. The van der Waals surface area contributed by atoms with E-state index in [4.69, 9.17) is 9.47 Å². The summed E-state index contributed by atoms with van der Waals surface area (Å²) in [4.78, 5) is 23.2. The number of nitrogens with zero attached hydrogens (tertiary/aromatic N) is 3. The molecule has 29 heavy (non-hydrogen) atoms. The molecule has 0 bridgehead atoms. The Morgan fingerprint density at radius 3 is 2.55 bits per heavy atom. The molecular formula is C22H24N4O3. The molecule has 1 aromatic carbocycles. The van der Waals surface area contributed by atoms with Gasteiger partial charge in [0, 0.05) is 43.8 Å². The van der Waals surface area contributed by atoms with Gasteiger partial charge in [0.2, 0.25) is 0 Å². The van der Waals surface area contributed by atoms with Gasteiger partial charge in [-0.05, 0) is 48.4 Å². The number of pyridine rings is 2. The number of anilines is 2. The maximum atomic E-state index is 12.8. The highest BCUT2D eigenvalue weighted by molar-refractivity contribution is 6.05. The van der Waals surface area contributed by atoms with Crippen molar-refractivity contribution >= 4 is 17.4 Å². The Morgan fingerprint density at radius 2 is 1.83 bits per heavy atom. The first-order valence-corrected chi connectivity index (χ1v) is 9.20. The van der Waals surface area contributed by atoms with Crippen LogP contribution in [0.4, 0.5) is 11.5 Å². The maximum Gasteiger partial charge on any atom is 0.255 e. The first-order chi connectivity index (χ1) is 14.1. The van der Waals surface area contributed by atoms with Crippen LogP contribution in [0.1, 0.15) is 15.9 Å². The molecule has 2 aromatic heterocycles. The number of hydrogen-bond donors (Lipinski definition) is 1. The molecule has 0 aliphatic heterocycles. The fraction of sp³-hybridized carbons (Fsp3) is 0.227. The van der Waals surface area contributed by atoms with Crippen molar-refractivity contribution in [3.05, 3.63) is 72.2 Å². The molecule has 7 nitrogen and oxygen atoms in total. The van der Waals surface area contributed by atoms with Crippen molar-refractivity contribution in [3.63, 3.8) is 0 Å². The minimum absolute atomic E-state index is 0.247. The SMILES string of the molecule is COc1ccc(OC)c(NC(=O)c2ccnc(N(C)CCc3ccncc3)c2)c1. The molecule has 3 aromatic rings. The van der Waals surface area contributed by atoms with E-state index in [2.05, 4.69) is 15.3 Å². The van der Waals surface area contributed by atoms with Gasteiger partial charge in [0.1, 0.15) is 17.3 Å². The van der Waals surface area contributed by atoms with E-state index in [-0.39, 0.29) is 5.91 Å². The molecule has 2 heterocycles.